The third kappa shape index (κ3) is 3.55. The molecular formula is C17H19ClN2O. The van der Waals surface area contributed by atoms with Crippen LogP contribution in [0.25, 0.3) is 10.9 Å². The van der Waals surface area contributed by atoms with Gasteiger partial charge < -0.3 is 4.74 Å². The second-order valence-electron chi connectivity index (χ2n) is 5.21. The molecule has 0 radical (unpaired) electrons. The number of halogens is 1. The minimum atomic E-state index is 0.665. The highest BCUT2D eigenvalue weighted by Gasteiger charge is 2.07. The predicted octanol–water partition coefficient (Wildman–Crippen LogP) is 3.92. The van der Waals surface area contributed by atoms with Gasteiger partial charge in [0.15, 0.2) is 0 Å². The van der Waals surface area contributed by atoms with Crippen LogP contribution in [-0.4, -0.2) is 36.1 Å². The second-order valence-corrected chi connectivity index (χ2v) is 5.61. The number of fused-ring (bicyclic) bond motifs is 1. The van der Waals surface area contributed by atoms with Gasteiger partial charge >= 0.3 is 0 Å². The average molecular weight is 303 g/mol. The fourth-order valence-corrected chi connectivity index (χ4v) is 2.83. The van der Waals surface area contributed by atoms with E-state index in [0.717, 1.165) is 49.1 Å². The molecule has 3 rings (SSSR count). The summed E-state index contributed by atoms with van der Waals surface area (Å²) in [6, 6.07) is 7.69. The van der Waals surface area contributed by atoms with Crippen LogP contribution in [0, 0.1) is 0 Å². The van der Waals surface area contributed by atoms with Crippen LogP contribution in [0.4, 0.5) is 0 Å². The molecule has 2 heterocycles. The maximum atomic E-state index is 6.16. The SMILES string of the molecule is Clc1cccc2c(OCCCN3CC=CCC3)ccnc12. The fourth-order valence-electron chi connectivity index (χ4n) is 2.60. The third-order valence-electron chi connectivity index (χ3n) is 3.70. The highest BCUT2D eigenvalue weighted by Crippen LogP contribution is 2.28. The second kappa shape index (κ2) is 6.92. The van der Waals surface area contributed by atoms with Crippen molar-refractivity contribution in [3.05, 3.63) is 47.6 Å². The molecule has 0 amide bonds. The number of para-hydroxylation sites is 1. The first-order valence-electron chi connectivity index (χ1n) is 7.38. The number of pyridine rings is 1. The first-order valence-corrected chi connectivity index (χ1v) is 7.76. The Morgan fingerprint density at radius 3 is 3.05 bits per heavy atom. The van der Waals surface area contributed by atoms with Gasteiger partial charge in [0, 0.05) is 31.2 Å². The van der Waals surface area contributed by atoms with E-state index in [2.05, 4.69) is 22.0 Å². The van der Waals surface area contributed by atoms with Crippen LogP contribution in [0.3, 0.4) is 0 Å². The average Bonchev–Trinajstić information content (AvgIpc) is 2.53. The molecule has 1 aliphatic heterocycles. The number of benzene rings is 1. The lowest BCUT2D eigenvalue weighted by atomic mass is 10.2. The van der Waals surface area contributed by atoms with Crippen LogP contribution in [0.1, 0.15) is 12.8 Å². The lowest BCUT2D eigenvalue weighted by Crippen LogP contribution is -2.29. The van der Waals surface area contributed by atoms with Gasteiger partial charge in [0.25, 0.3) is 0 Å². The Hall–Kier alpha value is -1.58. The number of rotatable bonds is 5. The van der Waals surface area contributed by atoms with Gasteiger partial charge in [-0.05, 0) is 31.0 Å². The third-order valence-corrected chi connectivity index (χ3v) is 4.01. The zero-order valence-electron chi connectivity index (χ0n) is 12.0. The summed E-state index contributed by atoms with van der Waals surface area (Å²) in [5.41, 5.74) is 0.804. The predicted molar refractivity (Wildman–Crippen MR) is 87.1 cm³/mol. The zero-order valence-corrected chi connectivity index (χ0v) is 12.7. The topological polar surface area (TPSA) is 25.4 Å². The van der Waals surface area contributed by atoms with Crippen molar-refractivity contribution in [1.82, 2.24) is 9.88 Å². The molecule has 4 heteroatoms. The molecule has 0 saturated heterocycles. The van der Waals surface area contributed by atoms with Gasteiger partial charge in [-0.2, -0.15) is 0 Å². The maximum Gasteiger partial charge on any atom is 0.130 e. The summed E-state index contributed by atoms with van der Waals surface area (Å²) in [5.74, 6) is 0.862. The highest BCUT2D eigenvalue weighted by molar-refractivity contribution is 6.35. The lowest BCUT2D eigenvalue weighted by Gasteiger charge is -2.22. The quantitative estimate of drug-likeness (QED) is 0.618. The first-order chi connectivity index (χ1) is 10.3. The van der Waals surface area contributed by atoms with Crippen molar-refractivity contribution in [3.63, 3.8) is 0 Å². The van der Waals surface area contributed by atoms with Gasteiger partial charge in [-0.3, -0.25) is 9.88 Å². The summed E-state index contributed by atoms with van der Waals surface area (Å²) in [7, 11) is 0. The van der Waals surface area contributed by atoms with E-state index in [9.17, 15) is 0 Å². The largest absolute Gasteiger partial charge is 0.493 e. The van der Waals surface area contributed by atoms with Crippen LogP contribution in [0.5, 0.6) is 5.75 Å². The van der Waals surface area contributed by atoms with Gasteiger partial charge in [0.2, 0.25) is 0 Å². The Balaban J connectivity index is 1.58. The first kappa shape index (κ1) is 14.4. The number of nitrogens with zero attached hydrogens (tertiary/aromatic N) is 2. The van der Waals surface area contributed by atoms with E-state index in [0.29, 0.717) is 11.6 Å². The number of hydrogen-bond donors (Lipinski definition) is 0. The molecule has 0 aliphatic carbocycles. The molecule has 110 valence electrons. The van der Waals surface area contributed by atoms with Crippen LogP contribution in [0.2, 0.25) is 5.02 Å². The summed E-state index contributed by atoms with van der Waals surface area (Å²) >= 11 is 6.16. The lowest BCUT2D eigenvalue weighted by molar-refractivity contribution is 0.248. The fraction of sp³-hybridized carbons (Fsp3) is 0.353. The molecule has 0 bridgehead atoms. The van der Waals surface area contributed by atoms with Crippen molar-refractivity contribution in [2.45, 2.75) is 12.8 Å². The van der Waals surface area contributed by atoms with E-state index < -0.39 is 0 Å². The summed E-state index contributed by atoms with van der Waals surface area (Å²) in [6.07, 6.45) is 8.42. The summed E-state index contributed by atoms with van der Waals surface area (Å²) in [4.78, 5) is 6.76. The molecule has 0 fully saturated rings. The number of ether oxygens (including phenoxy) is 1. The molecule has 0 saturated carbocycles. The van der Waals surface area contributed by atoms with E-state index in [1.165, 1.54) is 0 Å². The van der Waals surface area contributed by atoms with Crippen molar-refractivity contribution >= 4 is 22.5 Å². The molecule has 3 nitrogen and oxygen atoms in total. The van der Waals surface area contributed by atoms with Crippen LogP contribution < -0.4 is 4.74 Å². The van der Waals surface area contributed by atoms with E-state index >= 15 is 0 Å². The molecule has 1 aromatic heterocycles. The molecular weight excluding hydrogens is 284 g/mol. The highest BCUT2D eigenvalue weighted by atomic mass is 35.5. The van der Waals surface area contributed by atoms with Crippen LogP contribution in [0.15, 0.2) is 42.6 Å². The minimum Gasteiger partial charge on any atom is -0.493 e. The molecule has 0 spiro atoms. The van der Waals surface area contributed by atoms with E-state index in [-0.39, 0.29) is 0 Å². The van der Waals surface area contributed by atoms with E-state index in [1.54, 1.807) is 6.20 Å². The van der Waals surface area contributed by atoms with Crippen molar-refractivity contribution < 1.29 is 4.74 Å². The Morgan fingerprint density at radius 1 is 1.24 bits per heavy atom. The zero-order chi connectivity index (χ0) is 14.5. The Labute approximate surface area is 130 Å². The van der Waals surface area contributed by atoms with Crippen LogP contribution >= 0.6 is 11.6 Å². The summed E-state index contributed by atoms with van der Waals surface area (Å²) in [6.45, 7) is 4.01. The minimum absolute atomic E-state index is 0.665. The van der Waals surface area contributed by atoms with Crippen molar-refractivity contribution in [3.8, 4) is 5.75 Å². The van der Waals surface area contributed by atoms with Crippen LogP contribution in [-0.2, 0) is 0 Å². The molecule has 2 aromatic rings. The summed E-state index contributed by atoms with van der Waals surface area (Å²) < 4.78 is 5.92. The van der Waals surface area contributed by atoms with E-state index in [4.69, 9.17) is 16.3 Å². The molecule has 0 unspecified atom stereocenters. The van der Waals surface area contributed by atoms with Crippen molar-refractivity contribution in [1.29, 1.82) is 0 Å². The smallest absolute Gasteiger partial charge is 0.130 e. The molecule has 1 aliphatic rings. The monoisotopic (exact) mass is 302 g/mol. The Bertz CT molecular complexity index is 642. The standard InChI is InChI=1S/C17H19ClN2O/c18-15-7-4-6-14-16(8-9-19-17(14)15)21-13-5-12-20-10-2-1-3-11-20/h1-2,4,6-9H,3,5,10-13H2. The van der Waals surface area contributed by atoms with Gasteiger partial charge in [-0.1, -0.05) is 29.8 Å². The number of hydrogen-bond acceptors (Lipinski definition) is 3. The normalized spacial score (nSPS) is 15.5. The van der Waals surface area contributed by atoms with E-state index in [1.807, 2.05) is 24.3 Å². The Morgan fingerprint density at radius 2 is 2.19 bits per heavy atom. The van der Waals surface area contributed by atoms with Crippen molar-refractivity contribution in [2.24, 2.45) is 0 Å². The Kier molecular flexibility index (Phi) is 4.73. The van der Waals surface area contributed by atoms with Gasteiger partial charge in [0.05, 0.1) is 17.1 Å². The molecule has 0 atom stereocenters. The summed E-state index contributed by atoms with van der Waals surface area (Å²) in [5, 5.41) is 1.64. The molecule has 21 heavy (non-hydrogen) atoms. The molecule has 1 aromatic carbocycles. The van der Waals surface area contributed by atoms with Gasteiger partial charge in [-0.15, -0.1) is 0 Å². The van der Waals surface area contributed by atoms with Crippen molar-refractivity contribution in [2.75, 3.05) is 26.2 Å². The van der Waals surface area contributed by atoms with Gasteiger partial charge in [0.1, 0.15) is 5.75 Å². The maximum absolute atomic E-state index is 6.16. The molecule has 0 N–H and O–H groups in total. The van der Waals surface area contributed by atoms with Gasteiger partial charge in [-0.25, -0.2) is 0 Å². The number of aromatic nitrogens is 1.